The smallest absolute Gasteiger partial charge is 0.412 e. The fraction of sp³-hybridized carbons (Fsp3) is 0.513. The Labute approximate surface area is 316 Å². The SMILES string of the molecule is CSc1ccc(COc2ccc(C[C@@H]3[C@H](CN(CC(C)C)S(=O)(=O)c4ccc5c(c4)OCO5)OC(C)(C)N3C(=O)O[C@@H]3COC4OCCC43)cc2)cc1. The number of hydrogen-bond donors (Lipinski definition) is 0. The fourth-order valence-electron chi connectivity index (χ4n) is 7.46. The lowest BCUT2D eigenvalue weighted by Gasteiger charge is -2.34. The number of carbonyl (C=O) groups is 1. The van der Waals surface area contributed by atoms with Gasteiger partial charge in [-0.05, 0) is 86.4 Å². The van der Waals surface area contributed by atoms with Crippen molar-refractivity contribution in [2.75, 3.05) is 39.4 Å². The first-order chi connectivity index (χ1) is 25.4. The van der Waals surface area contributed by atoms with E-state index in [-0.39, 0.29) is 49.5 Å². The van der Waals surface area contributed by atoms with Crippen LogP contribution >= 0.6 is 11.8 Å². The number of rotatable bonds is 13. The molecule has 4 aliphatic heterocycles. The van der Waals surface area contributed by atoms with Crippen LogP contribution in [-0.2, 0) is 42.0 Å². The van der Waals surface area contributed by atoms with Crippen molar-refractivity contribution in [3.8, 4) is 17.2 Å². The first-order valence-corrected chi connectivity index (χ1v) is 20.7. The van der Waals surface area contributed by atoms with Gasteiger partial charge >= 0.3 is 6.09 Å². The van der Waals surface area contributed by atoms with Crippen molar-refractivity contribution >= 4 is 27.9 Å². The summed E-state index contributed by atoms with van der Waals surface area (Å²) < 4.78 is 71.3. The lowest BCUT2D eigenvalue weighted by molar-refractivity contribution is -0.0911. The van der Waals surface area contributed by atoms with Gasteiger partial charge < -0.3 is 33.2 Å². The topological polar surface area (TPSA) is 122 Å². The van der Waals surface area contributed by atoms with E-state index in [1.807, 2.05) is 58.2 Å². The third-order valence-electron chi connectivity index (χ3n) is 10.1. The van der Waals surface area contributed by atoms with Crippen molar-refractivity contribution < 1.29 is 46.4 Å². The molecule has 1 amide bonds. The highest BCUT2D eigenvalue weighted by Gasteiger charge is 2.53. The molecule has 0 spiro atoms. The number of amides is 1. The van der Waals surface area contributed by atoms with E-state index in [2.05, 4.69) is 24.3 Å². The van der Waals surface area contributed by atoms with Gasteiger partial charge in [-0.1, -0.05) is 38.1 Å². The molecule has 53 heavy (non-hydrogen) atoms. The average molecular weight is 769 g/mol. The average Bonchev–Trinajstić information content (AvgIpc) is 3.92. The maximum Gasteiger partial charge on any atom is 0.412 e. The van der Waals surface area contributed by atoms with Crippen molar-refractivity contribution in [3.05, 3.63) is 77.9 Å². The van der Waals surface area contributed by atoms with Crippen molar-refractivity contribution in [2.45, 2.75) is 87.2 Å². The van der Waals surface area contributed by atoms with E-state index in [4.69, 9.17) is 33.2 Å². The maximum atomic E-state index is 14.3. The Morgan fingerprint density at radius 3 is 2.47 bits per heavy atom. The van der Waals surface area contributed by atoms with Gasteiger partial charge in [0.2, 0.25) is 16.8 Å². The van der Waals surface area contributed by atoms with Crippen LogP contribution in [0.4, 0.5) is 4.79 Å². The molecule has 0 saturated carbocycles. The molecule has 4 heterocycles. The standard InChI is InChI=1S/C39H48N2O10S2/c1-25(2)20-40(53(43,44)30-14-15-33-34(19-30)49-24-48-33)21-35-32(18-26-6-10-28(11-7-26)46-22-27-8-12-29(52-5)13-9-27)41(39(3,4)51-35)38(42)50-36-23-47-37-31(36)16-17-45-37/h6-15,19,25,31-32,35-37H,16-18,20-24H2,1-5H3/t31?,32-,35+,36-,37?/m1/s1. The number of nitrogens with zero attached hydrogens (tertiary/aromatic N) is 2. The molecule has 0 aliphatic carbocycles. The predicted octanol–water partition coefficient (Wildman–Crippen LogP) is 6.31. The highest BCUT2D eigenvalue weighted by Crippen LogP contribution is 2.40. The summed E-state index contributed by atoms with van der Waals surface area (Å²) in [6, 6.07) is 20.1. The lowest BCUT2D eigenvalue weighted by atomic mass is 9.99. The number of fused-ring (bicyclic) bond motifs is 2. The van der Waals surface area contributed by atoms with E-state index < -0.39 is 40.1 Å². The number of sulfonamides is 1. The Morgan fingerprint density at radius 2 is 1.74 bits per heavy atom. The molecular weight excluding hydrogens is 721 g/mol. The van der Waals surface area contributed by atoms with Crippen LogP contribution in [0.15, 0.2) is 76.5 Å². The summed E-state index contributed by atoms with van der Waals surface area (Å²) >= 11 is 1.69. The molecule has 3 aromatic rings. The largest absolute Gasteiger partial charge is 0.489 e. The van der Waals surface area contributed by atoms with Crippen LogP contribution in [0.1, 0.15) is 45.2 Å². The second kappa shape index (κ2) is 15.7. The van der Waals surface area contributed by atoms with Crippen LogP contribution < -0.4 is 14.2 Å². The molecule has 286 valence electrons. The summed E-state index contributed by atoms with van der Waals surface area (Å²) in [5.41, 5.74) is 0.885. The molecule has 3 aromatic carbocycles. The molecule has 0 bridgehead atoms. The molecule has 12 nitrogen and oxygen atoms in total. The van der Waals surface area contributed by atoms with Gasteiger partial charge in [0.15, 0.2) is 17.8 Å². The third kappa shape index (κ3) is 8.27. The summed E-state index contributed by atoms with van der Waals surface area (Å²) in [6.07, 6.45) is 1.12. The summed E-state index contributed by atoms with van der Waals surface area (Å²) in [7, 11) is -4.01. The van der Waals surface area contributed by atoms with Gasteiger partial charge in [0, 0.05) is 24.1 Å². The van der Waals surface area contributed by atoms with E-state index in [9.17, 15) is 13.2 Å². The van der Waals surface area contributed by atoms with Gasteiger partial charge in [0.05, 0.1) is 36.2 Å². The van der Waals surface area contributed by atoms with E-state index in [1.165, 1.54) is 21.3 Å². The van der Waals surface area contributed by atoms with Gasteiger partial charge in [-0.15, -0.1) is 11.8 Å². The lowest BCUT2D eigenvalue weighted by Crippen LogP contribution is -2.51. The van der Waals surface area contributed by atoms with E-state index in [0.717, 1.165) is 17.5 Å². The van der Waals surface area contributed by atoms with Crippen molar-refractivity contribution in [3.63, 3.8) is 0 Å². The van der Waals surface area contributed by atoms with Crippen LogP contribution in [-0.4, -0.2) is 93.3 Å². The Hall–Kier alpha value is -3.53. The predicted molar refractivity (Wildman–Crippen MR) is 198 cm³/mol. The Morgan fingerprint density at radius 1 is 1.00 bits per heavy atom. The summed E-state index contributed by atoms with van der Waals surface area (Å²) in [5.74, 6) is 1.56. The van der Waals surface area contributed by atoms with Gasteiger partial charge in [0.25, 0.3) is 0 Å². The Kier molecular flexibility index (Phi) is 11.2. The van der Waals surface area contributed by atoms with Crippen LogP contribution in [0.5, 0.6) is 17.2 Å². The molecular formula is C39H48N2O10S2. The molecule has 3 fully saturated rings. The minimum absolute atomic E-state index is 0.00711. The van der Waals surface area contributed by atoms with Crippen LogP contribution in [0.25, 0.3) is 0 Å². The molecule has 5 atom stereocenters. The number of hydrogen-bond acceptors (Lipinski definition) is 11. The number of carbonyl (C=O) groups excluding carboxylic acids is 1. The van der Waals surface area contributed by atoms with E-state index in [0.29, 0.717) is 36.9 Å². The summed E-state index contributed by atoms with van der Waals surface area (Å²) in [4.78, 5) is 17.1. The van der Waals surface area contributed by atoms with E-state index >= 15 is 0 Å². The van der Waals surface area contributed by atoms with Gasteiger partial charge in [-0.2, -0.15) is 4.31 Å². The van der Waals surface area contributed by atoms with Crippen molar-refractivity contribution in [2.24, 2.45) is 11.8 Å². The Balaban J connectivity index is 1.14. The second-order valence-electron chi connectivity index (χ2n) is 14.7. The Bertz CT molecular complexity index is 1850. The highest BCUT2D eigenvalue weighted by atomic mass is 32.2. The summed E-state index contributed by atoms with van der Waals surface area (Å²) in [5, 5.41) is 0. The zero-order valence-electron chi connectivity index (χ0n) is 30.8. The molecule has 4 aliphatic rings. The molecule has 0 radical (unpaired) electrons. The molecule has 0 aromatic heterocycles. The number of thioether (sulfide) groups is 1. The number of benzene rings is 3. The highest BCUT2D eigenvalue weighted by molar-refractivity contribution is 7.98. The van der Waals surface area contributed by atoms with Crippen LogP contribution in [0, 0.1) is 11.8 Å². The first kappa shape index (κ1) is 37.8. The quantitative estimate of drug-likeness (QED) is 0.182. The minimum Gasteiger partial charge on any atom is -0.489 e. The van der Waals surface area contributed by atoms with Gasteiger partial charge in [-0.25, -0.2) is 13.2 Å². The maximum absolute atomic E-state index is 14.3. The van der Waals surface area contributed by atoms with Crippen molar-refractivity contribution in [1.29, 1.82) is 0 Å². The van der Waals surface area contributed by atoms with E-state index in [1.54, 1.807) is 22.7 Å². The minimum atomic E-state index is -4.01. The van der Waals surface area contributed by atoms with Crippen LogP contribution in [0.3, 0.4) is 0 Å². The first-order valence-electron chi connectivity index (χ1n) is 18.1. The molecule has 7 rings (SSSR count). The van der Waals surface area contributed by atoms with Crippen LogP contribution in [0.2, 0.25) is 0 Å². The van der Waals surface area contributed by atoms with Gasteiger partial charge in [-0.3, -0.25) is 4.90 Å². The normalized spacial score (nSPS) is 24.6. The third-order valence-corrected chi connectivity index (χ3v) is 12.7. The molecule has 14 heteroatoms. The second-order valence-corrected chi connectivity index (χ2v) is 17.5. The molecule has 0 N–H and O–H groups in total. The summed E-state index contributed by atoms with van der Waals surface area (Å²) in [6.45, 7) is 9.09. The zero-order chi connectivity index (χ0) is 37.3. The number of ether oxygens (including phenoxy) is 7. The van der Waals surface area contributed by atoms with Gasteiger partial charge in [0.1, 0.15) is 24.2 Å². The molecule has 3 saturated heterocycles. The monoisotopic (exact) mass is 768 g/mol. The van der Waals surface area contributed by atoms with Crippen molar-refractivity contribution in [1.82, 2.24) is 9.21 Å². The molecule has 2 unspecified atom stereocenters. The fourth-order valence-corrected chi connectivity index (χ4v) is 9.50. The zero-order valence-corrected chi connectivity index (χ0v) is 32.4.